The molecule has 1 heterocycles. The fourth-order valence-corrected chi connectivity index (χ4v) is 4.17. The molecule has 2 aromatic carbocycles. The van der Waals surface area contributed by atoms with Crippen LogP contribution in [0.3, 0.4) is 0 Å². The molecule has 0 radical (unpaired) electrons. The van der Waals surface area contributed by atoms with Crippen molar-refractivity contribution in [3.63, 3.8) is 0 Å². The Morgan fingerprint density at radius 3 is 1.96 bits per heavy atom. The van der Waals surface area contributed by atoms with Gasteiger partial charge in [0.05, 0.1) is 11.9 Å². The molecular formula is C17H16ClN3O5S. The first-order valence-corrected chi connectivity index (χ1v) is 10.00. The number of imide groups is 1. The maximum Gasteiger partial charge on any atom is 0.323 e. The molecular weight excluding hydrogens is 394 g/mol. The number of sulfonamides is 1. The standard InChI is InChI=1S/C17H16ClN3O5S/c1-17(15(22)19-16(23)20-17)21(27(2,24)25)12-5-9-14(10-6-12)26-13-7-3-11(18)4-8-13/h3-10H,1-2H3,(H2,19,20,22,23). The van der Waals surface area contributed by atoms with Gasteiger partial charge in [0, 0.05) is 5.02 Å². The molecule has 1 aliphatic rings. The average Bonchev–Trinajstić information content (AvgIpc) is 2.82. The van der Waals surface area contributed by atoms with E-state index in [1.54, 1.807) is 36.4 Å². The van der Waals surface area contributed by atoms with Crippen LogP contribution in [0.15, 0.2) is 48.5 Å². The number of halogens is 1. The number of hydrogen-bond donors (Lipinski definition) is 2. The Balaban J connectivity index is 1.91. The molecule has 0 aromatic heterocycles. The van der Waals surface area contributed by atoms with Crippen LogP contribution in [0.5, 0.6) is 11.5 Å². The normalized spacial score (nSPS) is 19.4. The van der Waals surface area contributed by atoms with Crippen LogP contribution in [0.4, 0.5) is 10.5 Å². The monoisotopic (exact) mass is 409 g/mol. The summed E-state index contributed by atoms with van der Waals surface area (Å²) >= 11 is 5.83. The number of amides is 3. The maximum absolute atomic E-state index is 12.3. The van der Waals surface area contributed by atoms with Crippen LogP contribution in [0.1, 0.15) is 6.92 Å². The largest absolute Gasteiger partial charge is 0.457 e. The minimum atomic E-state index is -3.89. The molecule has 0 saturated carbocycles. The van der Waals surface area contributed by atoms with E-state index >= 15 is 0 Å². The van der Waals surface area contributed by atoms with Gasteiger partial charge in [-0.15, -0.1) is 0 Å². The average molecular weight is 410 g/mol. The number of anilines is 1. The summed E-state index contributed by atoms with van der Waals surface area (Å²) in [5.74, 6) is 0.250. The fourth-order valence-electron chi connectivity index (χ4n) is 2.75. The Morgan fingerprint density at radius 1 is 1.00 bits per heavy atom. The summed E-state index contributed by atoms with van der Waals surface area (Å²) in [6, 6.07) is 12.1. The Kier molecular flexibility index (Phi) is 4.75. The van der Waals surface area contributed by atoms with E-state index in [0.717, 1.165) is 10.6 Å². The second kappa shape index (κ2) is 6.75. The summed E-state index contributed by atoms with van der Waals surface area (Å²) < 4.78 is 31.2. The predicted octanol–water partition coefficient (Wildman–Crippen LogP) is 2.45. The molecule has 2 aromatic rings. The second-order valence-electron chi connectivity index (χ2n) is 6.06. The number of benzene rings is 2. The molecule has 10 heteroatoms. The van der Waals surface area contributed by atoms with Crippen molar-refractivity contribution >= 4 is 39.2 Å². The molecule has 1 saturated heterocycles. The van der Waals surface area contributed by atoms with Gasteiger partial charge in [0.15, 0.2) is 0 Å². The van der Waals surface area contributed by atoms with E-state index < -0.39 is 27.6 Å². The third kappa shape index (κ3) is 3.83. The van der Waals surface area contributed by atoms with Crippen molar-refractivity contribution in [2.45, 2.75) is 12.6 Å². The Morgan fingerprint density at radius 2 is 1.52 bits per heavy atom. The van der Waals surface area contributed by atoms with Crippen molar-refractivity contribution in [1.82, 2.24) is 10.6 Å². The van der Waals surface area contributed by atoms with Crippen LogP contribution in [0, 0.1) is 0 Å². The highest BCUT2D eigenvalue weighted by Gasteiger charge is 2.50. The lowest BCUT2D eigenvalue weighted by Crippen LogP contribution is -2.60. The molecule has 3 amide bonds. The van der Waals surface area contributed by atoms with Crippen LogP contribution in [-0.4, -0.2) is 32.3 Å². The smallest absolute Gasteiger partial charge is 0.323 e. The highest BCUT2D eigenvalue weighted by Crippen LogP contribution is 2.31. The summed E-state index contributed by atoms with van der Waals surface area (Å²) in [4.78, 5) is 23.7. The molecule has 27 heavy (non-hydrogen) atoms. The van der Waals surface area contributed by atoms with Crippen LogP contribution in [0.25, 0.3) is 0 Å². The van der Waals surface area contributed by atoms with E-state index in [9.17, 15) is 18.0 Å². The third-order valence-electron chi connectivity index (χ3n) is 3.88. The first kappa shape index (κ1) is 19.0. The van der Waals surface area contributed by atoms with Crippen LogP contribution < -0.4 is 19.7 Å². The molecule has 0 bridgehead atoms. The van der Waals surface area contributed by atoms with E-state index in [2.05, 4.69) is 5.32 Å². The number of nitrogens with zero attached hydrogens (tertiary/aromatic N) is 1. The van der Waals surface area contributed by atoms with Gasteiger partial charge >= 0.3 is 6.03 Å². The van der Waals surface area contributed by atoms with Gasteiger partial charge in [-0.1, -0.05) is 11.6 Å². The van der Waals surface area contributed by atoms with E-state index in [-0.39, 0.29) is 5.69 Å². The summed E-state index contributed by atoms with van der Waals surface area (Å²) in [7, 11) is -3.89. The molecule has 1 aliphatic heterocycles. The predicted molar refractivity (Wildman–Crippen MR) is 100 cm³/mol. The summed E-state index contributed by atoms with van der Waals surface area (Å²) in [6.45, 7) is 1.31. The quantitative estimate of drug-likeness (QED) is 0.738. The van der Waals surface area contributed by atoms with Crippen molar-refractivity contribution < 1.29 is 22.7 Å². The lowest BCUT2D eigenvalue weighted by atomic mass is 10.2. The molecule has 2 N–H and O–H groups in total. The van der Waals surface area contributed by atoms with E-state index in [4.69, 9.17) is 16.3 Å². The van der Waals surface area contributed by atoms with Gasteiger partial charge in [-0.2, -0.15) is 0 Å². The topological polar surface area (TPSA) is 105 Å². The lowest BCUT2D eigenvalue weighted by molar-refractivity contribution is -0.123. The summed E-state index contributed by atoms with van der Waals surface area (Å²) in [5, 5.41) is 4.97. The summed E-state index contributed by atoms with van der Waals surface area (Å²) in [5.41, 5.74) is -1.58. The van der Waals surface area contributed by atoms with Gasteiger partial charge in [-0.3, -0.25) is 10.1 Å². The van der Waals surface area contributed by atoms with Crippen LogP contribution >= 0.6 is 11.6 Å². The molecule has 1 fully saturated rings. The minimum absolute atomic E-state index is 0.195. The van der Waals surface area contributed by atoms with Gasteiger partial charge in [0.1, 0.15) is 11.5 Å². The number of nitrogens with one attached hydrogen (secondary N) is 2. The van der Waals surface area contributed by atoms with Crippen LogP contribution in [0.2, 0.25) is 5.02 Å². The number of carbonyl (C=O) groups is 2. The van der Waals surface area contributed by atoms with E-state index in [1.165, 1.54) is 19.1 Å². The molecule has 1 unspecified atom stereocenters. The van der Waals surface area contributed by atoms with Crippen molar-refractivity contribution in [2.75, 3.05) is 10.6 Å². The second-order valence-corrected chi connectivity index (χ2v) is 8.33. The minimum Gasteiger partial charge on any atom is -0.457 e. The third-order valence-corrected chi connectivity index (χ3v) is 5.38. The van der Waals surface area contributed by atoms with Gasteiger partial charge in [0.25, 0.3) is 5.91 Å². The van der Waals surface area contributed by atoms with Crippen LogP contribution in [-0.2, 0) is 14.8 Å². The van der Waals surface area contributed by atoms with Gasteiger partial charge in [0.2, 0.25) is 15.7 Å². The summed E-state index contributed by atoms with van der Waals surface area (Å²) in [6.07, 6.45) is 0.953. The number of ether oxygens (including phenoxy) is 1. The highest BCUT2D eigenvalue weighted by molar-refractivity contribution is 7.92. The molecule has 8 nitrogen and oxygen atoms in total. The number of carbonyl (C=O) groups excluding carboxylic acids is 2. The van der Waals surface area contributed by atoms with Crippen molar-refractivity contribution in [3.8, 4) is 11.5 Å². The molecule has 3 rings (SSSR count). The first-order chi connectivity index (χ1) is 12.6. The molecule has 0 spiro atoms. The molecule has 0 aliphatic carbocycles. The molecule has 142 valence electrons. The Bertz CT molecular complexity index is 992. The fraction of sp³-hybridized carbons (Fsp3) is 0.176. The Hall–Kier alpha value is -2.78. The van der Waals surface area contributed by atoms with Gasteiger partial charge < -0.3 is 10.1 Å². The first-order valence-electron chi connectivity index (χ1n) is 7.77. The van der Waals surface area contributed by atoms with Crippen molar-refractivity contribution in [3.05, 3.63) is 53.6 Å². The van der Waals surface area contributed by atoms with E-state index in [0.29, 0.717) is 16.5 Å². The maximum atomic E-state index is 12.3. The van der Waals surface area contributed by atoms with E-state index in [1.807, 2.05) is 5.32 Å². The highest BCUT2D eigenvalue weighted by atomic mass is 35.5. The lowest BCUT2D eigenvalue weighted by Gasteiger charge is -2.35. The zero-order valence-corrected chi connectivity index (χ0v) is 16.0. The van der Waals surface area contributed by atoms with Gasteiger partial charge in [-0.05, 0) is 55.5 Å². The zero-order valence-electron chi connectivity index (χ0n) is 14.4. The SMILES string of the molecule is CC1(N(c2ccc(Oc3ccc(Cl)cc3)cc2)S(C)(=O)=O)NC(=O)NC1=O. The molecule has 1 atom stereocenters. The van der Waals surface area contributed by atoms with Crippen molar-refractivity contribution in [1.29, 1.82) is 0 Å². The van der Waals surface area contributed by atoms with Gasteiger partial charge in [-0.25, -0.2) is 17.5 Å². The number of urea groups is 1. The zero-order chi connectivity index (χ0) is 19.8. The Labute approximate surface area is 161 Å². The van der Waals surface area contributed by atoms with Crippen molar-refractivity contribution in [2.24, 2.45) is 0 Å². The number of hydrogen-bond acceptors (Lipinski definition) is 5. The number of rotatable bonds is 5.